The van der Waals surface area contributed by atoms with Gasteiger partial charge in [-0.25, -0.2) is 4.39 Å². The molecule has 0 unspecified atom stereocenters. The van der Waals surface area contributed by atoms with Crippen molar-refractivity contribution in [3.63, 3.8) is 0 Å². The Bertz CT molecular complexity index is 824. The molecule has 0 radical (unpaired) electrons. The highest BCUT2D eigenvalue weighted by molar-refractivity contribution is 6.09. The first-order chi connectivity index (χ1) is 11.4. The lowest BCUT2D eigenvalue weighted by Crippen LogP contribution is -2.45. The molecule has 1 fully saturated rings. The van der Waals surface area contributed by atoms with E-state index in [0.29, 0.717) is 0 Å². The number of hydrogen-bond donors (Lipinski definition) is 1. The van der Waals surface area contributed by atoms with Gasteiger partial charge in [-0.2, -0.15) is 0 Å². The van der Waals surface area contributed by atoms with Crippen LogP contribution in [-0.2, 0) is 0 Å². The maximum atomic E-state index is 14.0. The predicted molar refractivity (Wildman–Crippen MR) is 94.6 cm³/mol. The van der Waals surface area contributed by atoms with Crippen LogP contribution in [0.25, 0.3) is 21.5 Å². The Hall–Kier alpha value is -1.97. The molecule has 0 aromatic heterocycles. The average Bonchev–Trinajstić information content (AvgIpc) is 2.63. The van der Waals surface area contributed by atoms with E-state index in [1.54, 1.807) is 0 Å². The molecule has 0 amide bonds. The van der Waals surface area contributed by atoms with Crippen LogP contribution in [-0.4, -0.2) is 37.8 Å². The first-order valence-corrected chi connectivity index (χ1v) is 8.29. The Labute approximate surface area is 135 Å². The molecule has 118 valence electrons. The molecule has 23 heavy (non-hydrogen) atoms. The maximum Gasteiger partial charge on any atom is 0.109 e. The molecule has 1 aliphatic rings. The molecule has 3 heteroatoms. The zero-order valence-electron chi connectivity index (χ0n) is 13.1. The van der Waals surface area contributed by atoms with Gasteiger partial charge in [0, 0.05) is 26.2 Å². The first kappa shape index (κ1) is 14.6. The lowest BCUT2D eigenvalue weighted by Gasteiger charge is -2.34. The minimum absolute atomic E-state index is 0.161. The summed E-state index contributed by atoms with van der Waals surface area (Å²) in [5, 5.41) is 8.17. The highest BCUT2D eigenvalue weighted by Gasteiger charge is 2.24. The standard InChI is InChI=1S/C20H21FN2/c21-14-20(23-11-9-22-10-12-23)19-13-15-5-1-2-6-16(15)17-7-3-4-8-18(17)19/h1-8,13,20,22H,9-12,14H2/t20-/m0/s1. The van der Waals surface area contributed by atoms with Gasteiger partial charge >= 0.3 is 0 Å². The third-order valence-corrected chi connectivity index (χ3v) is 4.90. The summed E-state index contributed by atoms with van der Waals surface area (Å²) in [5.41, 5.74) is 1.11. The third kappa shape index (κ3) is 2.60. The second-order valence-electron chi connectivity index (χ2n) is 6.19. The largest absolute Gasteiger partial charge is 0.314 e. The number of hydrogen-bond acceptors (Lipinski definition) is 2. The quantitative estimate of drug-likeness (QED) is 0.738. The van der Waals surface area contributed by atoms with E-state index in [4.69, 9.17) is 0 Å². The Morgan fingerprint density at radius 2 is 1.57 bits per heavy atom. The fourth-order valence-corrected chi connectivity index (χ4v) is 3.73. The summed E-state index contributed by atoms with van der Waals surface area (Å²) in [4.78, 5) is 2.27. The molecular formula is C20H21FN2. The summed E-state index contributed by atoms with van der Waals surface area (Å²) >= 11 is 0. The number of alkyl halides is 1. The molecule has 0 bridgehead atoms. The van der Waals surface area contributed by atoms with E-state index in [0.717, 1.165) is 31.7 Å². The molecular weight excluding hydrogens is 287 g/mol. The number of nitrogens with zero attached hydrogens (tertiary/aromatic N) is 1. The van der Waals surface area contributed by atoms with E-state index in [1.807, 2.05) is 6.07 Å². The van der Waals surface area contributed by atoms with Gasteiger partial charge in [-0.3, -0.25) is 4.90 Å². The monoisotopic (exact) mass is 308 g/mol. The Kier molecular flexibility index (Phi) is 3.98. The normalized spacial score (nSPS) is 17.6. The van der Waals surface area contributed by atoms with Crippen molar-refractivity contribution in [1.29, 1.82) is 0 Å². The fraction of sp³-hybridized carbons (Fsp3) is 0.300. The number of nitrogens with one attached hydrogen (secondary N) is 1. The molecule has 1 N–H and O–H groups in total. The van der Waals surface area contributed by atoms with Crippen molar-refractivity contribution in [2.24, 2.45) is 0 Å². The van der Waals surface area contributed by atoms with E-state index in [1.165, 1.54) is 21.5 Å². The van der Waals surface area contributed by atoms with E-state index in [9.17, 15) is 4.39 Å². The molecule has 3 aromatic rings. The maximum absolute atomic E-state index is 14.0. The molecule has 1 aliphatic heterocycles. The van der Waals surface area contributed by atoms with Crippen molar-refractivity contribution in [1.82, 2.24) is 10.2 Å². The van der Waals surface area contributed by atoms with Crippen LogP contribution in [0.5, 0.6) is 0 Å². The van der Waals surface area contributed by atoms with E-state index in [2.05, 4.69) is 58.7 Å². The van der Waals surface area contributed by atoms with Crippen molar-refractivity contribution in [3.05, 3.63) is 60.2 Å². The van der Waals surface area contributed by atoms with Crippen molar-refractivity contribution >= 4 is 21.5 Å². The van der Waals surface area contributed by atoms with Crippen LogP contribution in [0.15, 0.2) is 54.6 Å². The summed E-state index contributed by atoms with van der Waals surface area (Å²) in [6.07, 6.45) is 0. The van der Waals surface area contributed by atoms with Crippen LogP contribution in [0.3, 0.4) is 0 Å². The SMILES string of the molecule is FC[C@@H](c1cc2ccccc2c2ccccc12)N1CCNCC1. The van der Waals surface area contributed by atoms with E-state index >= 15 is 0 Å². The van der Waals surface area contributed by atoms with Gasteiger partial charge < -0.3 is 5.32 Å². The van der Waals surface area contributed by atoms with Crippen molar-refractivity contribution in [2.75, 3.05) is 32.9 Å². The van der Waals surface area contributed by atoms with Gasteiger partial charge in [-0.05, 0) is 33.2 Å². The number of piperazine rings is 1. The van der Waals surface area contributed by atoms with Crippen LogP contribution >= 0.6 is 0 Å². The lowest BCUT2D eigenvalue weighted by molar-refractivity contribution is 0.148. The highest BCUT2D eigenvalue weighted by atomic mass is 19.1. The Balaban J connectivity index is 1.92. The van der Waals surface area contributed by atoms with Crippen molar-refractivity contribution in [2.45, 2.75) is 6.04 Å². The summed E-state index contributed by atoms with van der Waals surface area (Å²) in [6, 6.07) is 18.8. The summed E-state index contributed by atoms with van der Waals surface area (Å²) < 4.78 is 14.0. The van der Waals surface area contributed by atoms with Gasteiger partial charge in [0.15, 0.2) is 0 Å². The molecule has 3 aromatic carbocycles. The minimum atomic E-state index is -0.345. The van der Waals surface area contributed by atoms with E-state index in [-0.39, 0.29) is 12.7 Å². The van der Waals surface area contributed by atoms with Gasteiger partial charge in [0.05, 0.1) is 6.04 Å². The smallest absolute Gasteiger partial charge is 0.109 e. The fourth-order valence-electron chi connectivity index (χ4n) is 3.73. The van der Waals surface area contributed by atoms with Crippen LogP contribution in [0, 0.1) is 0 Å². The van der Waals surface area contributed by atoms with Gasteiger partial charge in [0.1, 0.15) is 6.67 Å². The Morgan fingerprint density at radius 1 is 0.913 bits per heavy atom. The molecule has 0 spiro atoms. The third-order valence-electron chi connectivity index (χ3n) is 4.90. The van der Waals surface area contributed by atoms with Crippen molar-refractivity contribution in [3.8, 4) is 0 Å². The van der Waals surface area contributed by atoms with Gasteiger partial charge in [0.2, 0.25) is 0 Å². The number of halogens is 1. The number of fused-ring (bicyclic) bond motifs is 3. The second kappa shape index (κ2) is 6.26. The van der Waals surface area contributed by atoms with E-state index < -0.39 is 0 Å². The summed E-state index contributed by atoms with van der Waals surface area (Å²) in [5.74, 6) is 0. The molecule has 0 aliphatic carbocycles. The number of benzene rings is 3. The topological polar surface area (TPSA) is 15.3 Å². The van der Waals surface area contributed by atoms with Gasteiger partial charge in [-0.1, -0.05) is 48.5 Å². The molecule has 0 saturated carbocycles. The minimum Gasteiger partial charge on any atom is -0.314 e. The molecule has 4 rings (SSSR count). The molecule has 2 nitrogen and oxygen atoms in total. The second-order valence-corrected chi connectivity index (χ2v) is 6.19. The van der Waals surface area contributed by atoms with Crippen LogP contribution in [0.4, 0.5) is 4.39 Å². The highest BCUT2D eigenvalue weighted by Crippen LogP contribution is 2.34. The van der Waals surface area contributed by atoms with Gasteiger partial charge in [-0.15, -0.1) is 0 Å². The predicted octanol–water partition coefficient (Wildman–Crippen LogP) is 3.91. The molecule has 1 saturated heterocycles. The first-order valence-electron chi connectivity index (χ1n) is 8.29. The summed E-state index contributed by atoms with van der Waals surface area (Å²) in [7, 11) is 0. The molecule has 1 heterocycles. The van der Waals surface area contributed by atoms with Crippen LogP contribution in [0.1, 0.15) is 11.6 Å². The van der Waals surface area contributed by atoms with Crippen molar-refractivity contribution < 1.29 is 4.39 Å². The average molecular weight is 308 g/mol. The van der Waals surface area contributed by atoms with Crippen LogP contribution < -0.4 is 5.32 Å². The zero-order valence-corrected chi connectivity index (χ0v) is 13.1. The number of rotatable bonds is 3. The zero-order chi connectivity index (χ0) is 15.6. The Morgan fingerprint density at radius 3 is 2.30 bits per heavy atom. The molecule has 1 atom stereocenters. The summed E-state index contributed by atoms with van der Waals surface area (Å²) in [6.45, 7) is 3.32. The van der Waals surface area contributed by atoms with Gasteiger partial charge in [0.25, 0.3) is 0 Å². The lowest BCUT2D eigenvalue weighted by atomic mass is 9.93. The van der Waals surface area contributed by atoms with Crippen LogP contribution in [0.2, 0.25) is 0 Å².